The predicted octanol–water partition coefficient (Wildman–Crippen LogP) is 3.55. The molecule has 5 nitrogen and oxygen atoms in total. The van der Waals surface area contributed by atoms with E-state index in [9.17, 15) is 9.90 Å². The van der Waals surface area contributed by atoms with Crippen LogP contribution in [0.1, 0.15) is 50.8 Å². The average molecular weight is 412 g/mol. The summed E-state index contributed by atoms with van der Waals surface area (Å²) in [5.41, 5.74) is 2.17. The van der Waals surface area contributed by atoms with Crippen molar-refractivity contribution in [3.63, 3.8) is 0 Å². The van der Waals surface area contributed by atoms with Crippen LogP contribution in [0.5, 0.6) is 0 Å². The van der Waals surface area contributed by atoms with Crippen molar-refractivity contribution in [3.05, 3.63) is 71.8 Å². The van der Waals surface area contributed by atoms with Gasteiger partial charge >= 0.3 is 5.97 Å². The smallest absolute Gasteiger partial charge is 0.309 e. The van der Waals surface area contributed by atoms with Gasteiger partial charge in [-0.15, -0.1) is 0 Å². The summed E-state index contributed by atoms with van der Waals surface area (Å²) in [6.07, 6.45) is 0.673. The monoisotopic (exact) mass is 411 g/mol. The van der Waals surface area contributed by atoms with E-state index in [1.807, 2.05) is 32.9 Å². The van der Waals surface area contributed by atoms with E-state index >= 15 is 0 Å². The largest absolute Gasteiger partial charge is 0.460 e. The zero-order valence-electron chi connectivity index (χ0n) is 18.1. The lowest BCUT2D eigenvalue weighted by Crippen LogP contribution is -2.52. The van der Waals surface area contributed by atoms with Crippen LogP contribution in [-0.2, 0) is 9.53 Å². The summed E-state index contributed by atoms with van der Waals surface area (Å²) in [6.45, 7) is 7.06. The molecule has 1 aliphatic heterocycles. The van der Waals surface area contributed by atoms with E-state index < -0.39 is 5.60 Å². The maximum atomic E-state index is 11.3. The van der Waals surface area contributed by atoms with Gasteiger partial charge < -0.3 is 14.9 Å². The molecule has 2 N–H and O–H groups in total. The minimum atomic E-state index is -0.405. The highest BCUT2D eigenvalue weighted by Gasteiger charge is 2.36. The van der Waals surface area contributed by atoms with Gasteiger partial charge in [0.15, 0.2) is 0 Å². The Labute approximate surface area is 179 Å². The molecule has 1 heterocycles. The van der Waals surface area contributed by atoms with Gasteiger partial charge in [0.2, 0.25) is 0 Å². The van der Waals surface area contributed by atoms with Gasteiger partial charge in [0, 0.05) is 13.1 Å². The molecule has 2 aromatic carbocycles. The maximum Gasteiger partial charge on any atom is 0.309 e. The minimum absolute atomic E-state index is 0.0702. The highest BCUT2D eigenvalue weighted by atomic mass is 16.6. The number of hydrogen-bond acceptors (Lipinski definition) is 5. The van der Waals surface area contributed by atoms with E-state index in [0.717, 1.165) is 13.1 Å². The zero-order chi connectivity index (χ0) is 21.7. The Hall–Kier alpha value is -2.21. The van der Waals surface area contributed by atoms with Gasteiger partial charge in [-0.3, -0.25) is 9.69 Å². The molecular weight excluding hydrogens is 378 g/mol. The van der Waals surface area contributed by atoms with Crippen molar-refractivity contribution in [2.24, 2.45) is 5.92 Å². The topological polar surface area (TPSA) is 70.0 Å². The van der Waals surface area contributed by atoms with Crippen molar-refractivity contribution < 1.29 is 19.7 Å². The summed E-state index contributed by atoms with van der Waals surface area (Å²) in [4.78, 5) is 13.6. The van der Waals surface area contributed by atoms with E-state index in [4.69, 9.17) is 9.84 Å². The molecule has 1 aliphatic carbocycles. The fourth-order valence-electron chi connectivity index (χ4n) is 3.75. The van der Waals surface area contributed by atoms with Crippen molar-refractivity contribution >= 4 is 5.97 Å². The summed E-state index contributed by atoms with van der Waals surface area (Å²) in [5.74, 6) is -0.243. The van der Waals surface area contributed by atoms with E-state index in [2.05, 4.69) is 53.4 Å². The number of benzene rings is 2. The third kappa shape index (κ3) is 6.14. The number of carbonyl (C=O) groups excluding carboxylic acids is 1. The van der Waals surface area contributed by atoms with Crippen molar-refractivity contribution in [3.8, 4) is 0 Å². The first-order valence-electron chi connectivity index (χ1n) is 10.7. The fourth-order valence-corrected chi connectivity index (χ4v) is 3.75. The average Bonchev–Trinajstić information content (AvgIpc) is 2.65. The SMILES string of the molecule is CC(C)(C)OC(=O)C1CC(O)C1.OC1CN(C(c2ccccc2)c2ccccc2)C1. The van der Waals surface area contributed by atoms with Crippen LogP contribution in [0.15, 0.2) is 60.7 Å². The van der Waals surface area contributed by atoms with E-state index in [1.165, 1.54) is 11.1 Å². The van der Waals surface area contributed by atoms with Crippen LogP contribution in [0.25, 0.3) is 0 Å². The molecule has 2 fully saturated rings. The van der Waals surface area contributed by atoms with Crippen LogP contribution in [0, 0.1) is 5.92 Å². The molecule has 162 valence electrons. The zero-order valence-corrected chi connectivity index (χ0v) is 18.1. The van der Waals surface area contributed by atoms with Crippen LogP contribution in [0.4, 0.5) is 0 Å². The normalized spacial score (nSPS) is 21.8. The van der Waals surface area contributed by atoms with E-state index in [0.29, 0.717) is 12.8 Å². The molecular formula is C25H33NO4. The molecule has 0 aromatic heterocycles. The Morgan fingerprint density at radius 2 is 1.37 bits per heavy atom. The third-order valence-corrected chi connectivity index (χ3v) is 5.34. The van der Waals surface area contributed by atoms with Gasteiger partial charge in [-0.25, -0.2) is 0 Å². The summed E-state index contributed by atoms with van der Waals surface area (Å²) in [6, 6.07) is 21.2. The quantitative estimate of drug-likeness (QED) is 0.753. The lowest BCUT2D eigenvalue weighted by atomic mass is 9.82. The highest BCUT2D eigenvalue weighted by Crippen LogP contribution is 2.32. The highest BCUT2D eigenvalue weighted by molar-refractivity contribution is 5.74. The summed E-state index contributed by atoms with van der Waals surface area (Å²) in [5, 5.41) is 18.5. The number of aliphatic hydroxyl groups excluding tert-OH is 2. The third-order valence-electron chi connectivity index (χ3n) is 5.34. The first-order valence-corrected chi connectivity index (χ1v) is 10.7. The number of nitrogens with zero attached hydrogens (tertiary/aromatic N) is 1. The Kier molecular flexibility index (Phi) is 7.29. The minimum Gasteiger partial charge on any atom is -0.460 e. The molecule has 0 bridgehead atoms. The van der Waals surface area contributed by atoms with Gasteiger partial charge in [-0.1, -0.05) is 60.7 Å². The summed E-state index contributed by atoms with van der Waals surface area (Å²) in [7, 11) is 0. The number of esters is 1. The number of ether oxygens (including phenoxy) is 1. The molecule has 0 amide bonds. The molecule has 5 heteroatoms. The second-order valence-electron chi connectivity index (χ2n) is 9.19. The maximum absolute atomic E-state index is 11.3. The standard InChI is InChI=1S/C16H17NO.C9H16O3/c18-15-11-17(12-15)16(13-7-3-1-4-8-13)14-9-5-2-6-10-14;1-9(2,3)12-8(11)6-4-7(10)5-6/h1-10,15-16,18H,11-12H2;6-7,10H,4-5H2,1-3H3. The fraction of sp³-hybridized carbons (Fsp3) is 0.480. The number of likely N-dealkylation sites (tertiary alicyclic amines) is 1. The molecule has 0 spiro atoms. The molecule has 0 atom stereocenters. The lowest BCUT2D eigenvalue weighted by Gasteiger charge is -2.42. The number of hydrogen-bond donors (Lipinski definition) is 2. The second-order valence-corrected chi connectivity index (χ2v) is 9.19. The molecule has 30 heavy (non-hydrogen) atoms. The molecule has 1 saturated heterocycles. The van der Waals surface area contributed by atoms with Crippen LogP contribution < -0.4 is 0 Å². The van der Waals surface area contributed by atoms with Crippen LogP contribution in [0.2, 0.25) is 0 Å². The summed E-state index contributed by atoms with van der Waals surface area (Å²) < 4.78 is 5.14. The lowest BCUT2D eigenvalue weighted by molar-refractivity contribution is -0.167. The first-order chi connectivity index (χ1) is 14.2. The molecule has 4 rings (SSSR count). The van der Waals surface area contributed by atoms with Crippen molar-refractivity contribution in [2.45, 2.75) is 57.5 Å². The van der Waals surface area contributed by atoms with Crippen LogP contribution >= 0.6 is 0 Å². The van der Waals surface area contributed by atoms with Gasteiger partial charge in [0.25, 0.3) is 0 Å². The number of aliphatic hydroxyl groups is 2. The predicted molar refractivity (Wildman–Crippen MR) is 117 cm³/mol. The number of carbonyl (C=O) groups is 1. The first kappa shape index (κ1) is 22.5. The van der Waals surface area contributed by atoms with Crippen LogP contribution in [-0.4, -0.2) is 52.0 Å². The van der Waals surface area contributed by atoms with E-state index in [1.54, 1.807) is 0 Å². The Morgan fingerprint density at radius 1 is 0.900 bits per heavy atom. The van der Waals surface area contributed by atoms with Crippen molar-refractivity contribution in [1.29, 1.82) is 0 Å². The van der Waals surface area contributed by atoms with Gasteiger partial charge in [0.1, 0.15) is 5.60 Å². The molecule has 2 aromatic rings. The Bertz CT molecular complexity index is 751. The molecule has 0 radical (unpaired) electrons. The van der Waals surface area contributed by atoms with Gasteiger partial charge in [-0.2, -0.15) is 0 Å². The molecule has 0 unspecified atom stereocenters. The molecule has 2 aliphatic rings. The van der Waals surface area contributed by atoms with Gasteiger partial charge in [0.05, 0.1) is 24.2 Å². The van der Waals surface area contributed by atoms with Crippen molar-refractivity contribution in [1.82, 2.24) is 4.90 Å². The van der Waals surface area contributed by atoms with E-state index in [-0.39, 0.29) is 30.1 Å². The Morgan fingerprint density at radius 3 is 1.73 bits per heavy atom. The Balaban J connectivity index is 0.000000187. The second kappa shape index (κ2) is 9.73. The number of β-amino-alcohol motifs (C(OH)–C–C–N with tert-alkyl or cyclic N) is 1. The van der Waals surface area contributed by atoms with Gasteiger partial charge in [-0.05, 0) is 44.7 Å². The number of rotatable bonds is 4. The summed E-state index contributed by atoms with van der Waals surface area (Å²) >= 11 is 0. The van der Waals surface area contributed by atoms with Crippen molar-refractivity contribution in [2.75, 3.05) is 13.1 Å². The molecule has 1 saturated carbocycles. The van der Waals surface area contributed by atoms with Crippen LogP contribution in [0.3, 0.4) is 0 Å².